The molecular formula is C20H18ClN5O7S. The highest BCUT2D eigenvalue weighted by Gasteiger charge is 2.34. The molecule has 2 heterocycles. The van der Waals surface area contributed by atoms with Gasteiger partial charge >= 0.3 is 5.97 Å². The molecule has 2 aromatic carbocycles. The van der Waals surface area contributed by atoms with E-state index in [2.05, 4.69) is 10.3 Å². The normalized spacial score (nSPS) is 15.3. The third kappa shape index (κ3) is 4.62. The van der Waals surface area contributed by atoms with Crippen molar-refractivity contribution in [3.05, 3.63) is 68.0 Å². The van der Waals surface area contributed by atoms with E-state index in [1.54, 1.807) is 24.3 Å². The van der Waals surface area contributed by atoms with Gasteiger partial charge in [0.05, 0.1) is 21.3 Å². The maximum absolute atomic E-state index is 13.0. The highest BCUT2D eigenvalue weighted by molar-refractivity contribution is 7.89. The van der Waals surface area contributed by atoms with Gasteiger partial charge in [-0.2, -0.15) is 8.99 Å². The molecule has 0 atom stereocenters. The van der Waals surface area contributed by atoms with Crippen LogP contribution < -0.4 is 5.56 Å². The lowest BCUT2D eigenvalue weighted by Crippen LogP contribution is -2.41. The maximum Gasteiger partial charge on any atom is 0.310 e. The number of esters is 1. The number of non-ortho nitro benzene ring substituents is 1. The van der Waals surface area contributed by atoms with E-state index in [4.69, 9.17) is 16.3 Å². The molecule has 1 aromatic heterocycles. The average molecular weight is 508 g/mol. The van der Waals surface area contributed by atoms with Crippen LogP contribution in [0.2, 0.25) is 5.02 Å². The zero-order valence-electron chi connectivity index (χ0n) is 17.5. The Morgan fingerprint density at radius 1 is 1.21 bits per heavy atom. The third-order valence-electron chi connectivity index (χ3n) is 5.49. The van der Waals surface area contributed by atoms with Crippen molar-refractivity contribution in [1.82, 2.24) is 19.3 Å². The smallest absolute Gasteiger partial charge is 0.310 e. The van der Waals surface area contributed by atoms with Crippen molar-refractivity contribution in [2.75, 3.05) is 13.1 Å². The summed E-state index contributed by atoms with van der Waals surface area (Å²) in [6.45, 7) is -0.426. The molecule has 0 amide bonds. The van der Waals surface area contributed by atoms with Gasteiger partial charge in [0.15, 0.2) is 6.73 Å². The van der Waals surface area contributed by atoms with Crippen molar-refractivity contribution in [3.63, 3.8) is 0 Å². The highest BCUT2D eigenvalue weighted by Crippen LogP contribution is 2.31. The topological polar surface area (TPSA) is 155 Å². The van der Waals surface area contributed by atoms with Crippen molar-refractivity contribution in [1.29, 1.82) is 0 Å². The van der Waals surface area contributed by atoms with Gasteiger partial charge in [0.2, 0.25) is 10.0 Å². The number of ether oxygens (including phenoxy) is 1. The Bertz CT molecular complexity index is 1430. The van der Waals surface area contributed by atoms with Crippen LogP contribution in [0, 0.1) is 16.0 Å². The van der Waals surface area contributed by atoms with E-state index in [0.29, 0.717) is 10.9 Å². The van der Waals surface area contributed by atoms with Gasteiger partial charge in [-0.1, -0.05) is 28.9 Å². The largest absolute Gasteiger partial charge is 0.442 e. The lowest BCUT2D eigenvalue weighted by atomic mass is 9.99. The average Bonchev–Trinajstić information content (AvgIpc) is 2.83. The summed E-state index contributed by atoms with van der Waals surface area (Å²) in [6.07, 6.45) is 0.339. The second-order valence-corrected chi connectivity index (χ2v) is 9.87. The van der Waals surface area contributed by atoms with Crippen LogP contribution in [0.3, 0.4) is 0 Å². The van der Waals surface area contributed by atoms with Crippen LogP contribution in [0.1, 0.15) is 12.8 Å². The predicted molar refractivity (Wildman–Crippen MR) is 119 cm³/mol. The van der Waals surface area contributed by atoms with Crippen LogP contribution >= 0.6 is 11.6 Å². The Balaban J connectivity index is 1.40. The van der Waals surface area contributed by atoms with E-state index in [9.17, 15) is 28.1 Å². The minimum atomic E-state index is -4.10. The fraction of sp³-hybridized carbons (Fsp3) is 0.300. The van der Waals surface area contributed by atoms with Crippen LogP contribution in [0.15, 0.2) is 52.2 Å². The lowest BCUT2D eigenvalue weighted by molar-refractivity contribution is -0.385. The van der Waals surface area contributed by atoms with Crippen LogP contribution in [0.5, 0.6) is 0 Å². The SMILES string of the molecule is O=C(OCn1nnc2ccccc2c1=O)C1CCN(S(=O)(=O)c2cc([N+](=O)[O-])ccc2Cl)CC1. The number of rotatable bonds is 6. The van der Waals surface area contributed by atoms with Crippen molar-refractivity contribution in [3.8, 4) is 0 Å². The molecule has 0 N–H and O–H groups in total. The summed E-state index contributed by atoms with van der Waals surface area (Å²) in [4.78, 5) is 34.9. The first-order chi connectivity index (χ1) is 16.2. The van der Waals surface area contributed by atoms with Crippen LogP contribution in [-0.4, -0.2) is 51.7 Å². The van der Waals surface area contributed by atoms with Crippen molar-refractivity contribution in [2.24, 2.45) is 5.92 Å². The van der Waals surface area contributed by atoms with Gasteiger partial charge < -0.3 is 4.74 Å². The summed E-state index contributed by atoms with van der Waals surface area (Å²) in [6, 6.07) is 9.84. The fourth-order valence-corrected chi connectivity index (χ4v) is 5.59. The number of hydrogen-bond acceptors (Lipinski definition) is 9. The summed E-state index contributed by atoms with van der Waals surface area (Å²) in [5, 5.41) is 18.9. The molecular weight excluding hydrogens is 490 g/mol. The van der Waals surface area contributed by atoms with Crippen LogP contribution in [0.25, 0.3) is 10.9 Å². The first kappa shape index (κ1) is 23.7. The summed E-state index contributed by atoms with van der Waals surface area (Å²) in [5.74, 6) is -1.18. The number of hydrogen-bond donors (Lipinski definition) is 0. The molecule has 1 aliphatic heterocycles. The number of fused-ring (bicyclic) bond motifs is 1. The minimum absolute atomic E-state index is 0.00313. The van der Waals surface area contributed by atoms with Gasteiger partial charge in [-0.05, 0) is 31.0 Å². The van der Waals surface area contributed by atoms with Crippen LogP contribution in [-0.2, 0) is 26.3 Å². The zero-order valence-corrected chi connectivity index (χ0v) is 19.1. The van der Waals surface area contributed by atoms with Gasteiger partial charge in [0.1, 0.15) is 10.4 Å². The Hall–Kier alpha value is -3.42. The standard InChI is InChI=1S/C20H18ClN5O7S/c21-16-6-5-14(26(29)30)11-18(16)34(31,32)24-9-7-13(8-10-24)20(28)33-12-25-19(27)15-3-1-2-4-17(15)22-23-25/h1-6,11,13H,7-10,12H2. The van der Waals surface area contributed by atoms with E-state index >= 15 is 0 Å². The minimum Gasteiger partial charge on any atom is -0.442 e. The molecule has 0 saturated carbocycles. The predicted octanol–water partition coefficient (Wildman–Crippen LogP) is 1.95. The summed E-state index contributed by atoms with van der Waals surface area (Å²) >= 11 is 5.99. The second kappa shape index (κ2) is 9.44. The molecule has 0 spiro atoms. The Kier molecular flexibility index (Phi) is 6.59. The van der Waals surface area contributed by atoms with Crippen molar-refractivity contribution < 1.29 is 22.9 Å². The van der Waals surface area contributed by atoms with Gasteiger partial charge in [0, 0.05) is 25.2 Å². The molecule has 1 aliphatic rings. The van der Waals surface area contributed by atoms with Crippen molar-refractivity contribution >= 4 is 44.2 Å². The van der Waals surface area contributed by atoms with Gasteiger partial charge in [-0.25, -0.2) is 8.42 Å². The van der Waals surface area contributed by atoms with Crippen LogP contribution in [0.4, 0.5) is 5.69 Å². The number of benzene rings is 2. The monoisotopic (exact) mass is 507 g/mol. The molecule has 0 bridgehead atoms. The van der Waals surface area contributed by atoms with E-state index in [1.165, 1.54) is 0 Å². The molecule has 178 valence electrons. The van der Waals surface area contributed by atoms with Gasteiger partial charge in [0.25, 0.3) is 11.2 Å². The number of nitro benzene ring substituents is 1. The number of nitrogens with zero attached hydrogens (tertiary/aromatic N) is 5. The number of piperidine rings is 1. The molecule has 4 rings (SSSR count). The maximum atomic E-state index is 13.0. The van der Waals surface area contributed by atoms with E-state index < -0.39 is 44.8 Å². The number of nitro groups is 1. The Morgan fingerprint density at radius 2 is 1.91 bits per heavy atom. The second-order valence-electron chi connectivity index (χ2n) is 7.55. The number of carbonyl (C=O) groups is 1. The fourth-order valence-electron chi connectivity index (χ4n) is 3.62. The number of sulfonamides is 1. The zero-order chi connectivity index (χ0) is 24.5. The molecule has 34 heavy (non-hydrogen) atoms. The number of halogens is 1. The molecule has 1 fully saturated rings. The Morgan fingerprint density at radius 3 is 2.62 bits per heavy atom. The summed E-state index contributed by atoms with van der Waals surface area (Å²) in [7, 11) is -4.10. The third-order valence-corrected chi connectivity index (χ3v) is 7.87. The van der Waals surface area contributed by atoms with Gasteiger partial charge in [-0.15, -0.1) is 5.10 Å². The quantitative estimate of drug-likeness (QED) is 0.276. The highest BCUT2D eigenvalue weighted by atomic mass is 35.5. The molecule has 14 heteroatoms. The molecule has 0 radical (unpaired) electrons. The Labute approximate surface area is 197 Å². The first-order valence-electron chi connectivity index (χ1n) is 10.1. The number of aromatic nitrogens is 3. The molecule has 1 saturated heterocycles. The molecule has 0 aliphatic carbocycles. The summed E-state index contributed by atoms with van der Waals surface area (Å²) in [5.41, 5.74) is -0.422. The molecule has 12 nitrogen and oxygen atoms in total. The summed E-state index contributed by atoms with van der Waals surface area (Å²) < 4.78 is 33.2. The van der Waals surface area contributed by atoms with E-state index in [-0.39, 0.29) is 35.8 Å². The first-order valence-corrected chi connectivity index (χ1v) is 11.9. The van der Waals surface area contributed by atoms with Crippen molar-refractivity contribution in [2.45, 2.75) is 24.5 Å². The molecule has 3 aromatic rings. The lowest BCUT2D eigenvalue weighted by Gasteiger charge is -2.30. The van der Waals surface area contributed by atoms with E-state index in [0.717, 1.165) is 27.2 Å². The van der Waals surface area contributed by atoms with Gasteiger partial charge in [-0.3, -0.25) is 19.7 Å². The van der Waals surface area contributed by atoms with E-state index in [1.807, 2.05) is 0 Å². The number of carbonyl (C=O) groups excluding carboxylic acids is 1. The molecule has 0 unspecified atom stereocenters.